The van der Waals surface area contributed by atoms with E-state index in [1.807, 2.05) is 29.6 Å². The average molecular weight is 397 g/mol. The number of anilines is 1. The van der Waals surface area contributed by atoms with Crippen LogP contribution in [0.5, 0.6) is 5.75 Å². The van der Waals surface area contributed by atoms with Gasteiger partial charge in [-0.25, -0.2) is 0 Å². The number of thiophene rings is 1. The Kier molecular flexibility index (Phi) is 4.43. The van der Waals surface area contributed by atoms with Crippen LogP contribution >= 0.6 is 39.5 Å². The predicted octanol–water partition coefficient (Wildman–Crippen LogP) is 5.10. The van der Waals surface area contributed by atoms with Gasteiger partial charge in [0, 0.05) is 16.5 Å². The van der Waals surface area contributed by atoms with Crippen molar-refractivity contribution >= 4 is 49.6 Å². The van der Waals surface area contributed by atoms with Gasteiger partial charge in [-0.05, 0) is 61.8 Å². The van der Waals surface area contributed by atoms with E-state index in [4.69, 9.17) is 17.0 Å². The molecule has 2 heterocycles. The minimum atomic E-state index is -0.225. The molecule has 1 aromatic heterocycles. The third-order valence-corrected chi connectivity index (χ3v) is 4.99. The molecule has 1 atom stereocenters. The summed E-state index contributed by atoms with van der Waals surface area (Å²) in [5.41, 5.74) is 0.904. The summed E-state index contributed by atoms with van der Waals surface area (Å²) >= 11 is 10.6. The number of thiocarbonyl (C=S) groups is 1. The molecule has 0 bridgehead atoms. The molecule has 0 saturated carbocycles. The van der Waals surface area contributed by atoms with Gasteiger partial charge in [-0.15, -0.1) is 11.3 Å². The Morgan fingerprint density at radius 2 is 2.23 bits per heavy atom. The molecule has 2 N–H and O–H groups in total. The highest BCUT2D eigenvalue weighted by molar-refractivity contribution is 9.10. The Morgan fingerprint density at radius 1 is 1.41 bits per heavy atom. The highest BCUT2D eigenvalue weighted by Gasteiger charge is 2.34. The molecule has 3 rings (SSSR count). The lowest BCUT2D eigenvalue weighted by Gasteiger charge is -2.38. The lowest BCUT2D eigenvalue weighted by atomic mass is 9.90. The summed E-state index contributed by atoms with van der Waals surface area (Å²) in [6.07, 6.45) is 0.850. The smallest absolute Gasteiger partial charge is 0.171 e. The Hall–Kier alpha value is -1.11. The van der Waals surface area contributed by atoms with Crippen LogP contribution in [0.1, 0.15) is 31.9 Å². The molecule has 0 spiro atoms. The maximum absolute atomic E-state index is 6.07. The topological polar surface area (TPSA) is 33.3 Å². The average Bonchev–Trinajstić information content (AvgIpc) is 2.91. The molecule has 1 aromatic carbocycles. The molecule has 0 amide bonds. The van der Waals surface area contributed by atoms with Gasteiger partial charge in [0.15, 0.2) is 5.11 Å². The van der Waals surface area contributed by atoms with E-state index < -0.39 is 0 Å². The molecule has 2 aromatic rings. The summed E-state index contributed by atoms with van der Waals surface area (Å²) in [5, 5.41) is 10.3. The van der Waals surface area contributed by atoms with E-state index in [1.165, 1.54) is 0 Å². The van der Waals surface area contributed by atoms with E-state index in [9.17, 15) is 0 Å². The maximum atomic E-state index is 6.07. The fourth-order valence-corrected chi connectivity index (χ4v) is 3.93. The molecule has 1 aliphatic rings. The zero-order chi connectivity index (χ0) is 15.7. The molecule has 0 radical (unpaired) electrons. The highest BCUT2D eigenvalue weighted by Crippen LogP contribution is 2.40. The fourth-order valence-electron chi connectivity index (χ4n) is 2.61. The number of benzene rings is 1. The summed E-state index contributed by atoms with van der Waals surface area (Å²) in [5.74, 6) is 0.913. The minimum absolute atomic E-state index is 0.121. The first-order chi connectivity index (χ1) is 10.4. The van der Waals surface area contributed by atoms with E-state index in [0.29, 0.717) is 5.11 Å². The molecule has 0 unspecified atom stereocenters. The maximum Gasteiger partial charge on any atom is 0.171 e. The quantitative estimate of drug-likeness (QED) is 0.691. The third kappa shape index (κ3) is 3.62. The fraction of sp³-hybridized carbons (Fsp3) is 0.312. The summed E-state index contributed by atoms with van der Waals surface area (Å²) in [6, 6.07) is 10.2. The molecule has 0 saturated heterocycles. The van der Waals surface area contributed by atoms with E-state index in [-0.39, 0.29) is 11.6 Å². The van der Waals surface area contributed by atoms with Gasteiger partial charge in [0.2, 0.25) is 0 Å². The first kappa shape index (κ1) is 15.8. The molecule has 116 valence electrons. The second-order valence-electron chi connectivity index (χ2n) is 5.88. The van der Waals surface area contributed by atoms with Gasteiger partial charge in [0.05, 0.1) is 11.0 Å². The van der Waals surface area contributed by atoms with Crippen molar-refractivity contribution in [2.24, 2.45) is 0 Å². The van der Waals surface area contributed by atoms with E-state index in [1.54, 1.807) is 11.3 Å². The lowest BCUT2D eigenvalue weighted by Crippen LogP contribution is -2.42. The summed E-state index contributed by atoms with van der Waals surface area (Å²) in [4.78, 5) is 0. The van der Waals surface area contributed by atoms with Crippen LogP contribution in [0.3, 0.4) is 0 Å². The van der Waals surface area contributed by atoms with E-state index in [2.05, 4.69) is 46.5 Å². The van der Waals surface area contributed by atoms with Crippen LogP contribution in [0.4, 0.5) is 5.00 Å². The molecule has 0 fully saturated rings. The lowest BCUT2D eigenvalue weighted by molar-refractivity contribution is 0.0696. The first-order valence-corrected chi connectivity index (χ1v) is 9.10. The van der Waals surface area contributed by atoms with Crippen LogP contribution in [-0.2, 0) is 0 Å². The van der Waals surface area contributed by atoms with Crippen molar-refractivity contribution in [3.05, 3.63) is 45.7 Å². The van der Waals surface area contributed by atoms with Crippen molar-refractivity contribution in [3.8, 4) is 5.75 Å². The van der Waals surface area contributed by atoms with Gasteiger partial charge >= 0.3 is 0 Å². The van der Waals surface area contributed by atoms with E-state index >= 15 is 0 Å². The molecule has 3 nitrogen and oxygen atoms in total. The van der Waals surface area contributed by atoms with Gasteiger partial charge < -0.3 is 15.4 Å². The van der Waals surface area contributed by atoms with Gasteiger partial charge in [-0.2, -0.15) is 0 Å². The van der Waals surface area contributed by atoms with Crippen LogP contribution < -0.4 is 15.4 Å². The molecule has 22 heavy (non-hydrogen) atoms. The van der Waals surface area contributed by atoms with Crippen molar-refractivity contribution < 1.29 is 4.74 Å². The first-order valence-electron chi connectivity index (χ1n) is 7.02. The molecular formula is C16H17BrN2OS2. The third-order valence-electron chi connectivity index (χ3n) is 3.49. The predicted molar refractivity (Wildman–Crippen MR) is 99.9 cm³/mol. The number of fused-ring (bicyclic) bond motifs is 1. The van der Waals surface area contributed by atoms with Crippen molar-refractivity contribution in [2.75, 3.05) is 5.32 Å². The SMILES string of the molecule is CC1(C)C[C@@H](NC(=S)Nc2cccs2)c2cc(Br)ccc2O1. The van der Waals surface area contributed by atoms with Crippen LogP contribution in [0.2, 0.25) is 0 Å². The van der Waals surface area contributed by atoms with Crippen LogP contribution in [0.25, 0.3) is 0 Å². The number of hydrogen-bond donors (Lipinski definition) is 2. The highest BCUT2D eigenvalue weighted by atomic mass is 79.9. The Labute approximate surface area is 148 Å². The Bertz CT molecular complexity index is 685. The van der Waals surface area contributed by atoms with E-state index in [0.717, 1.165) is 27.2 Å². The van der Waals surface area contributed by atoms with Gasteiger partial charge in [0.25, 0.3) is 0 Å². The summed E-state index contributed by atoms with van der Waals surface area (Å²) < 4.78 is 7.11. The standard InChI is InChI=1S/C16H17BrN2OS2/c1-16(2)9-12(11-8-10(17)5-6-13(11)20-16)18-15(21)19-14-4-3-7-22-14/h3-8,12H,9H2,1-2H3,(H2,18,19,21)/t12-/m1/s1. The Balaban J connectivity index is 1.80. The minimum Gasteiger partial charge on any atom is -0.487 e. The largest absolute Gasteiger partial charge is 0.487 e. The Morgan fingerprint density at radius 3 is 2.95 bits per heavy atom. The van der Waals surface area contributed by atoms with Crippen LogP contribution in [0.15, 0.2) is 40.2 Å². The molecule has 6 heteroatoms. The summed E-state index contributed by atoms with van der Waals surface area (Å²) in [7, 11) is 0. The number of ether oxygens (including phenoxy) is 1. The second kappa shape index (κ2) is 6.18. The van der Waals surface area contributed by atoms with Crippen LogP contribution in [0, 0.1) is 0 Å². The number of rotatable bonds is 2. The molecule has 1 aliphatic heterocycles. The molecule has 0 aliphatic carbocycles. The van der Waals surface area contributed by atoms with Crippen molar-refractivity contribution in [1.82, 2.24) is 5.32 Å². The van der Waals surface area contributed by atoms with Crippen molar-refractivity contribution in [2.45, 2.75) is 31.9 Å². The monoisotopic (exact) mass is 396 g/mol. The van der Waals surface area contributed by atoms with Crippen LogP contribution in [-0.4, -0.2) is 10.7 Å². The molecular weight excluding hydrogens is 380 g/mol. The van der Waals surface area contributed by atoms with Gasteiger partial charge in [-0.3, -0.25) is 0 Å². The second-order valence-corrected chi connectivity index (χ2v) is 8.15. The number of halogens is 1. The zero-order valence-corrected chi connectivity index (χ0v) is 15.6. The number of nitrogens with one attached hydrogen (secondary N) is 2. The van der Waals surface area contributed by atoms with Gasteiger partial charge in [0.1, 0.15) is 11.4 Å². The zero-order valence-electron chi connectivity index (χ0n) is 12.4. The van der Waals surface area contributed by atoms with Gasteiger partial charge in [-0.1, -0.05) is 15.9 Å². The normalized spacial score (nSPS) is 19.0. The van der Waals surface area contributed by atoms with Crippen molar-refractivity contribution in [3.63, 3.8) is 0 Å². The van der Waals surface area contributed by atoms with Crippen molar-refractivity contribution in [1.29, 1.82) is 0 Å². The summed E-state index contributed by atoms with van der Waals surface area (Å²) in [6.45, 7) is 4.20. The number of hydrogen-bond acceptors (Lipinski definition) is 3.